The van der Waals surface area contributed by atoms with E-state index in [0.717, 1.165) is 19.6 Å². The van der Waals surface area contributed by atoms with Gasteiger partial charge in [0.1, 0.15) is 5.82 Å². The van der Waals surface area contributed by atoms with Crippen LogP contribution in [0.1, 0.15) is 6.92 Å². The fourth-order valence-corrected chi connectivity index (χ4v) is 1.40. The van der Waals surface area contributed by atoms with Gasteiger partial charge in [0.05, 0.1) is 5.69 Å². The third-order valence-corrected chi connectivity index (χ3v) is 2.21. The van der Waals surface area contributed by atoms with Crippen molar-refractivity contribution in [1.29, 1.82) is 0 Å². The molecule has 1 aromatic rings. The first-order valence-corrected chi connectivity index (χ1v) is 4.93. The number of nitrogens with one attached hydrogen (secondary N) is 1. The van der Waals surface area contributed by atoms with E-state index in [4.69, 9.17) is 0 Å². The molecule has 0 aliphatic heterocycles. The van der Waals surface area contributed by atoms with Crippen molar-refractivity contribution in [2.75, 3.05) is 31.6 Å². The smallest absolute Gasteiger partial charge is 0.146 e. The number of nitrogens with zero attached hydrogens (tertiary/aromatic N) is 1. The highest BCUT2D eigenvalue weighted by molar-refractivity contribution is 5.47. The molecule has 0 amide bonds. The van der Waals surface area contributed by atoms with Crippen LogP contribution in [-0.4, -0.2) is 26.7 Å². The Morgan fingerprint density at radius 1 is 1.36 bits per heavy atom. The number of benzene rings is 1. The Kier molecular flexibility index (Phi) is 4.40. The molecule has 0 aliphatic carbocycles. The summed E-state index contributed by atoms with van der Waals surface area (Å²) in [7, 11) is 1.90. The van der Waals surface area contributed by atoms with E-state index in [1.165, 1.54) is 6.07 Å². The summed E-state index contributed by atoms with van der Waals surface area (Å²) in [4.78, 5) is 2.02. The van der Waals surface area contributed by atoms with Crippen LogP contribution in [0, 0.1) is 5.82 Å². The van der Waals surface area contributed by atoms with Crippen LogP contribution in [0.5, 0.6) is 0 Å². The van der Waals surface area contributed by atoms with E-state index in [1.807, 2.05) is 31.0 Å². The van der Waals surface area contributed by atoms with Crippen LogP contribution < -0.4 is 10.2 Å². The van der Waals surface area contributed by atoms with Gasteiger partial charge in [-0.15, -0.1) is 0 Å². The average Bonchev–Trinajstić information content (AvgIpc) is 2.21. The minimum absolute atomic E-state index is 0.148. The van der Waals surface area contributed by atoms with Crippen LogP contribution in [0.4, 0.5) is 10.1 Å². The number of hydrogen-bond acceptors (Lipinski definition) is 2. The van der Waals surface area contributed by atoms with Crippen LogP contribution in [0.2, 0.25) is 0 Å². The molecule has 0 aromatic heterocycles. The van der Waals surface area contributed by atoms with Gasteiger partial charge in [-0.3, -0.25) is 0 Å². The molecule has 1 aromatic carbocycles. The monoisotopic (exact) mass is 196 g/mol. The molecule has 0 saturated heterocycles. The van der Waals surface area contributed by atoms with Gasteiger partial charge in [-0.2, -0.15) is 0 Å². The topological polar surface area (TPSA) is 15.3 Å². The van der Waals surface area contributed by atoms with Crippen LogP contribution in [0.25, 0.3) is 0 Å². The quantitative estimate of drug-likeness (QED) is 0.773. The van der Waals surface area contributed by atoms with E-state index < -0.39 is 0 Å². The summed E-state index contributed by atoms with van der Waals surface area (Å²) in [5, 5.41) is 3.06. The first kappa shape index (κ1) is 11.0. The Morgan fingerprint density at radius 2 is 2.07 bits per heavy atom. The molecule has 0 fully saturated rings. The second-order valence-corrected chi connectivity index (χ2v) is 3.13. The lowest BCUT2D eigenvalue weighted by Gasteiger charge is -2.23. The molecule has 0 unspecified atom stereocenters. The molecule has 1 N–H and O–H groups in total. The lowest BCUT2D eigenvalue weighted by Crippen LogP contribution is -2.31. The van der Waals surface area contributed by atoms with E-state index >= 15 is 0 Å². The van der Waals surface area contributed by atoms with Crippen molar-refractivity contribution in [2.24, 2.45) is 0 Å². The highest BCUT2D eigenvalue weighted by Crippen LogP contribution is 2.17. The van der Waals surface area contributed by atoms with Gasteiger partial charge in [0, 0.05) is 19.6 Å². The number of hydrogen-bond donors (Lipinski definition) is 1. The van der Waals surface area contributed by atoms with E-state index in [1.54, 1.807) is 6.07 Å². The van der Waals surface area contributed by atoms with Gasteiger partial charge >= 0.3 is 0 Å². The van der Waals surface area contributed by atoms with E-state index in [-0.39, 0.29) is 5.82 Å². The van der Waals surface area contributed by atoms with E-state index in [0.29, 0.717) is 5.69 Å². The SMILES string of the molecule is CCN(CCNC)c1ccccc1F. The molecule has 0 aliphatic rings. The normalized spacial score (nSPS) is 10.2. The molecular weight excluding hydrogens is 179 g/mol. The molecule has 0 saturated carbocycles. The molecule has 0 bridgehead atoms. The molecule has 1 rings (SSSR count). The number of anilines is 1. The predicted octanol–water partition coefficient (Wildman–Crippen LogP) is 1.87. The molecule has 78 valence electrons. The van der Waals surface area contributed by atoms with E-state index in [2.05, 4.69) is 5.32 Å². The molecule has 0 heterocycles. The summed E-state index contributed by atoms with van der Waals surface area (Å²) >= 11 is 0. The highest BCUT2D eigenvalue weighted by atomic mass is 19.1. The van der Waals surface area contributed by atoms with Gasteiger partial charge in [0.25, 0.3) is 0 Å². The maximum atomic E-state index is 13.4. The fraction of sp³-hybridized carbons (Fsp3) is 0.455. The summed E-state index contributed by atoms with van der Waals surface area (Å²) in [5.74, 6) is -0.148. The second kappa shape index (κ2) is 5.60. The first-order chi connectivity index (χ1) is 6.79. The Morgan fingerprint density at radius 3 is 2.64 bits per heavy atom. The lowest BCUT2D eigenvalue weighted by atomic mass is 10.2. The van der Waals surface area contributed by atoms with Gasteiger partial charge in [-0.1, -0.05) is 12.1 Å². The molecule has 2 nitrogen and oxygen atoms in total. The number of para-hydroxylation sites is 1. The maximum Gasteiger partial charge on any atom is 0.146 e. The third-order valence-electron chi connectivity index (χ3n) is 2.21. The molecule has 0 atom stereocenters. The zero-order valence-electron chi connectivity index (χ0n) is 8.76. The maximum absolute atomic E-state index is 13.4. The fourth-order valence-electron chi connectivity index (χ4n) is 1.40. The summed E-state index contributed by atoms with van der Waals surface area (Å²) in [6.45, 7) is 4.54. The molecule has 0 radical (unpaired) electrons. The Balaban J connectivity index is 2.73. The first-order valence-electron chi connectivity index (χ1n) is 4.93. The van der Waals surface area contributed by atoms with Crippen molar-refractivity contribution < 1.29 is 4.39 Å². The van der Waals surface area contributed by atoms with E-state index in [9.17, 15) is 4.39 Å². The number of likely N-dealkylation sites (N-methyl/N-ethyl adjacent to an activating group) is 2. The van der Waals surface area contributed by atoms with Gasteiger partial charge in [-0.05, 0) is 26.1 Å². The van der Waals surface area contributed by atoms with Crippen molar-refractivity contribution in [2.45, 2.75) is 6.92 Å². The van der Waals surface area contributed by atoms with Crippen molar-refractivity contribution in [3.05, 3.63) is 30.1 Å². The van der Waals surface area contributed by atoms with Crippen molar-refractivity contribution in [3.8, 4) is 0 Å². The van der Waals surface area contributed by atoms with Crippen molar-refractivity contribution in [1.82, 2.24) is 5.32 Å². The van der Waals surface area contributed by atoms with Crippen LogP contribution in [0.15, 0.2) is 24.3 Å². The molecule has 14 heavy (non-hydrogen) atoms. The second-order valence-electron chi connectivity index (χ2n) is 3.13. The predicted molar refractivity (Wildman–Crippen MR) is 58.2 cm³/mol. The van der Waals surface area contributed by atoms with Crippen LogP contribution >= 0.6 is 0 Å². The zero-order valence-corrected chi connectivity index (χ0v) is 8.76. The zero-order chi connectivity index (χ0) is 10.4. The van der Waals surface area contributed by atoms with Crippen molar-refractivity contribution in [3.63, 3.8) is 0 Å². The Hall–Kier alpha value is -1.09. The van der Waals surface area contributed by atoms with Gasteiger partial charge in [-0.25, -0.2) is 4.39 Å². The highest BCUT2D eigenvalue weighted by Gasteiger charge is 2.07. The standard InChI is InChI=1S/C11H17FN2/c1-3-14(9-8-13-2)11-7-5-4-6-10(11)12/h4-7,13H,3,8-9H2,1-2H3. The average molecular weight is 196 g/mol. The summed E-state index contributed by atoms with van der Waals surface area (Å²) in [6.07, 6.45) is 0. The Bertz CT molecular complexity index is 276. The molecule has 0 spiro atoms. The summed E-state index contributed by atoms with van der Waals surface area (Å²) in [6, 6.07) is 6.89. The Labute approximate surface area is 84.7 Å². The van der Waals surface area contributed by atoms with Gasteiger partial charge in [0.15, 0.2) is 0 Å². The van der Waals surface area contributed by atoms with Gasteiger partial charge in [0.2, 0.25) is 0 Å². The van der Waals surface area contributed by atoms with Crippen LogP contribution in [-0.2, 0) is 0 Å². The number of halogens is 1. The summed E-state index contributed by atoms with van der Waals surface area (Å²) < 4.78 is 13.4. The third kappa shape index (κ3) is 2.70. The largest absolute Gasteiger partial charge is 0.368 e. The minimum atomic E-state index is -0.148. The van der Waals surface area contributed by atoms with Gasteiger partial charge < -0.3 is 10.2 Å². The van der Waals surface area contributed by atoms with Crippen LogP contribution in [0.3, 0.4) is 0 Å². The molecule has 3 heteroatoms. The molecular formula is C11H17FN2. The lowest BCUT2D eigenvalue weighted by molar-refractivity contribution is 0.615. The summed E-state index contributed by atoms with van der Waals surface area (Å²) in [5.41, 5.74) is 0.685. The van der Waals surface area contributed by atoms with Crippen molar-refractivity contribution >= 4 is 5.69 Å². The minimum Gasteiger partial charge on any atom is -0.368 e. The number of rotatable bonds is 5.